The Hall–Kier alpha value is -4.02. The zero-order valence-electron chi connectivity index (χ0n) is 18.8. The van der Waals surface area contributed by atoms with E-state index >= 15 is 0 Å². The molecule has 0 unspecified atom stereocenters. The number of ether oxygens (including phenoxy) is 1. The zero-order valence-corrected chi connectivity index (χ0v) is 19.7. The number of amides is 1. The van der Waals surface area contributed by atoms with Crippen molar-refractivity contribution in [3.63, 3.8) is 0 Å². The van der Waals surface area contributed by atoms with Gasteiger partial charge < -0.3 is 9.15 Å². The highest BCUT2D eigenvalue weighted by Crippen LogP contribution is 2.29. The maximum absolute atomic E-state index is 13.1. The number of carbonyl (C=O) groups is 1. The first-order chi connectivity index (χ1) is 17.0. The predicted molar refractivity (Wildman–Crippen MR) is 128 cm³/mol. The lowest BCUT2D eigenvalue weighted by Gasteiger charge is -2.28. The Bertz CT molecular complexity index is 1480. The predicted octanol–water partition coefficient (Wildman–Crippen LogP) is 3.74. The van der Waals surface area contributed by atoms with Gasteiger partial charge in [0.15, 0.2) is 0 Å². The third kappa shape index (κ3) is 4.53. The smallest absolute Gasteiger partial charge is 0.322 e. The van der Waals surface area contributed by atoms with Gasteiger partial charge in [0.25, 0.3) is 11.8 Å². The number of benzene rings is 3. The average molecular weight is 491 g/mol. The maximum Gasteiger partial charge on any atom is 0.322 e. The Morgan fingerprint density at radius 3 is 2.46 bits per heavy atom. The lowest BCUT2D eigenvalue weighted by Crippen LogP contribution is -2.35. The molecule has 0 fully saturated rings. The summed E-state index contributed by atoms with van der Waals surface area (Å²) in [5.41, 5.74) is 3.02. The topological polar surface area (TPSA) is 115 Å². The molecule has 1 amide bonds. The van der Waals surface area contributed by atoms with Crippen molar-refractivity contribution < 1.29 is 22.4 Å². The molecule has 1 aliphatic heterocycles. The number of nitrogens with one attached hydrogen (secondary N) is 1. The highest BCUT2D eigenvalue weighted by Gasteiger charge is 2.28. The number of para-hydroxylation sites is 1. The molecule has 9 nitrogen and oxygen atoms in total. The molecule has 0 aliphatic carbocycles. The van der Waals surface area contributed by atoms with E-state index in [1.807, 2.05) is 30.3 Å². The molecule has 2 heterocycles. The number of hydrogen-bond acceptors (Lipinski definition) is 7. The van der Waals surface area contributed by atoms with Crippen LogP contribution in [-0.2, 0) is 23.0 Å². The number of carbonyl (C=O) groups excluding carboxylic acids is 1. The molecule has 0 spiro atoms. The van der Waals surface area contributed by atoms with Crippen molar-refractivity contribution >= 4 is 21.9 Å². The summed E-state index contributed by atoms with van der Waals surface area (Å²) in [7, 11) is -2.16. The van der Waals surface area contributed by atoms with Gasteiger partial charge in [-0.2, -0.15) is 4.31 Å². The molecular formula is C25H22N4O5S. The van der Waals surface area contributed by atoms with Crippen molar-refractivity contribution in [1.29, 1.82) is 0 Å². The number of aromatic nitrogens is 2. The minimum Gasteiger partial charge on any atom is -0.496 e. The summed E-state index contributed by atoms with van der Waals surface area (Å²) in [5, 5.41) is 10.4. The highest BCUT2D eigenvalue weighted by atomic mass is 32.2. The van der Waals surface area contributed by atoms with Gasteiger partial charge in [0, 0.05) is 18.7 Å². The number of anilines is 1. The molecule has 10 heteroatoms. The minimum absolute atomic E-state index is 0.0837. The van der Waals surface area contributed by atoms with Crippen LogP contribution in [0.2, 0.25) is 0 Å². The van der Waals surface area contributed by atoms with Gasteiger partial charge >= 0.3 is 6.01 Å². The van der Waals surface area contributed by atoms with E-state index in [2.05, 4.69) is 15.5 Å². The fourth-order valence-corrected chi connectivity index (χ4v) is 5.39. The van der Waals surface area contributed by atoms with Gasteiger partial charge in [-0.1, -0.05) is 41.5 Å². The molecular weight excluding hydrogens is 468 g/mol. The van der Waals surface area contributed by atoms with Crippen molar-refractivity contribution in [1.82, 2.24) is 14.5 Å². The lowest BCUT2D eigenvalue weighted by atomic mass is 10.0. The summed E-state index contributed by atoms with van der Waals surface area (Å²) in [6.07, 6.45) is 0.664. The summed E-state index contributed by atoms with van der Waals surface area (Å²) in [6.45, 7) is 0.736. The Morgan fingerprint density at radius 1 is 0.971 bits per heavy atom. The van der Waals surface area contributed by atoms with Crippen molar-refractivity contribution in [3.05, 3.63) is 89.5 Å². The minimum atomic E-state index is -3.69. The Morgan fingerprint density at radius 2 is 1.69 bits per heavy atom. The van der Waals surface area contributed by atoms with E-state index in [0.717, 1.165) is 5.56 Å². The summed E-state index contributed by atoms with van der Waals surface area (Å²) in [5.74, 6) is 0.251. The molecule has 1 N–H and O–H groups in total. The molecule has 0 saturated heterocycles. The molecule has 3 aromatic carbocycles. The molecule has 0 bridgehead atoms. The van der Waals surface area contributed by atoms with Crippen LogP contribution in [0.25, 0.3) is 11.5 Å². The zero-order chi connectivity index (χ0) is 24.4. The van der Waals surface area contributed by atoms with Crippen LogP contribution in [0.3, 0.4) is 0 Å². The van der Waals surface area contributed by atoms with Gasteiger partial charge in [-0.05, 0) is 53.9 Å². The van der Waals surface area contributed by atoms with E-state index in [1.165, 1.54) is 41.2 Å². The highest BCUT2D eigenvalue weighted by molar-refractivity contribution is 7.89. The second-order valence-electron chi connectivity index (χ2n) is 7.95. The summed E-state index contributed by atoms with van der Waals surface area (Å²) < 4.78 is 38.6. The first kappa shape index (κ1) is 22.8. The summed E-state index contributed by atoms with van der Waals surface area (Å²) in [6, 6.07) is 20.7. The van der Waals surface area contributed by atoms with Crippen LogP contribution in [0.15, 0.2) is 82.1 Å². The average Bonchev–Trinajstić information content (AvgIpc) is 3.36. The summed E-state index contributed by atoms with van der Waals surface area (Å²) >= 11 is 0. The number of sulfonamides is 1. The van der Waals surface area contributed by atoms with Crippen molar-refractivity contribution in [2.45, 2.75) is 17.9 Å². The van der Waals surface area contributed by atoms with Crippen LogP contribution in [0, 0.1) is 0 Å². The van der Waals surface area contributed by atoms with Gasteiger partial charge in [0.2, 0.25) is 10.0 Å². The van der Waals surface area contributed by atoms with E-state index in [9.17, 15) is 13.2 Å². The molecule has 1 aliphatic rings. The van der Waals surface area contributed by atoms with Crippen LogP contribution in [0.4, 0.5) is 6.01 Å². The monoisotopic (exact) mass is 490 g/mol. The van der Waals surface area contributed by atoms with Crippen molar-refractivity contribution in [2.75, 3.05) is 19.0 Å². The van der Waals surface area contributed by atoms with Gasteiger partial charge in [0.1, 0.15) is 5.75 Å². The van der Waals surface area contributed by atoms with Crippen LogP contribution in [0.5, 0.6) is 5.75 Å². The van der Waals surface area contributed by atoms with Crippen LogP contribution < -0.4 is 10.1 Å². The fourth-order valence-electron chi connectivity index (χ4n) is 3.98. The van der Waals surface area contributed by atoms with Gasteiger partial charge in [-0.3, -0.25) is 10.1 Å². The Kier molecular flexibility index (Phi) is 6.06. The molecule has 5 rings (SSSR count). The number of fused-ring (bicyclic) bond motifs is 1. The first-order valence-corrected chi connectivity index (χ1v) is 12.3. The van der Waals surface area contributed by atoms with Crippen molar-refractivity contribution in [3.8, 4) is 17.2 Å². The van der Waals surface area contributed by atoms with Gasteiger partial charge in [0.05, 0.1) is 17.6 Å². The van der Waals surface area contributed by atoms with Crippen LogP contribution in [0.1, 0.15) is 21.5 Å². The summed E-state index contributed by atoms with van der Waals surface area (Å²) in [4.78, 5) is 12.8. The van der Waals surface area contributed by atoms with E-state index in [4.69, 9.17) is 9.15 Å². The second kappa shape index (κ2) is 9.32. The third-order valence-electron chi connectivity index (χ3n) is 5.83. The number of nitrogens with zero attached hydrogens (tertiary/aromatic N) is 3. The fraction of sp³-hybridized carbons (Fsp3) is 0.160. The SMILES string of the molecule is COc1ccccc1-c1nnc(NC(=O)c2ccc(S(=O)(=O)N3CCc4ccccc4C3)cc2)o1. The molecule has 4 aromatic rings. The van der Waals surface area contributed by atoms with E-state index in [1.54, 1.807) is 18.2 Å². The molecule has 0 atom stereocenters. The Labute approximate surface area is 202 Å². The third-order valence-corrected chi connectivity index (χ3v) is 7.69. The first-order valence-electron chi connectivity index (χ1n) is 10.9. The maximum atomic E-state index is 13.1. The normalized spacial score (nSPS) is 13.7. The van der Waals surface area contributed by atoms with E-state index in [-0.39, 0.29) is 22.4 Å². The van der Waals surface area contributed by atoms with E-state index in [0.29, 0.717) is 30.8 Å². The number of methoxy groups -OCH3 is 1. The number of hydrogen-bond donors (Lipinski definition) is 1. The van der Waals surface area contributed by atoms with E-state index < -0.39 is 15.9 Å². The van der Waals surface area contributed by atoms with Crippen LogP contribution in [-0.4, -0.2) is 42.5 Å². The molecule has 0 radical (unpaired) electrons. The Balaban J connectivity index is 1.29. The lowest BCUT2D eigenvalue weighted by molar-refractivity contribution is 0.102. The molecule has 178 valence electrons. The molecule has 1 aromatic heterocycles. The second-order valence-corrected chi connectivity index (χ2v) is 9.89. The largest absolute Gasteiger partial charge is 0.496 e. The molecule has 0 saturated carbocycles. The van der Waals surface area contributed by atoms with Crippen molar-refractivity contribution in [2.24, 2.45) is 0 Å². The molecule has 35 heavy (non-hydrogen) atoms. The van der Waals surface area contributed by atoms with Crippen LogP contribution >= 0.6 is 0 Å². The van der Waals surface area contributed by atoms with Gasteiger partial charge in [-0.15, -0.1) is 5.10 Å². The quantitative estimate of drug-likeness (QED) is 0.438. The standard InChI is InChI=1S/C25H22N4O5S/c1-33-22-9-5-4-8-21(22)24-27-28-25(34-24)26-23(30)18-10-12-20(13-11-18)35(31,32)29-15-14-17-6-2-3-7-19(17)16-29/h2-13H,14-16H2,1H3,(H,26,28,30). The van der Waals surface area contributed by atoms with Gasteiger partial charge in [-0.25, -0.2) is 8.42 Å². The number of rotatable bonds is 6.